The van der Waals surface area contributed by atoms with Gasteiger partial charge in [0.1, 0.15) is 5.69 Å². The molecule has 4 heteroatoms. The molecule has 0 spiro atoms. The van der Waals surface area contributed by atoms with Crippen LogP contribution in [0.15, 0.2) is 22.7 Å². The van der Waals surface area contributed by atoms with Gasteiger partial charge in [-0.05, 0) is 18.6 Å². The van der Waals surface area contributed by atoms with Crippen LogP contribution in [-0.2, 0) is 6.42 Å². The fraction of sp³-hybridized carbons (Fsp3) is 0.222. The van der Waals surface area contributed by atoms with Gasteiger partial charge in [0.05, 0.1) is 4.88 Å². The van der Waals surface area contributed by atoms with Crippen LogP contribution < -0.4 is 5.73 Å². The SMILES string of the molecule is CCc1ccc(-c2cc(N)on2)s1. The van der Waals surface area contributed by atoms with Gasteiger partial charge in [-0.25, -0.2) is 0 Å². The summed E-state index contributed by atoms with van der Waals surface area (Å²) in [5.74, 6) is 0.362. The third-order valence-electron chi connectivity index (χ3n) is 1.79. The standard InChI is InChI=1S/C9H10N2OS/c1-2-6-3-4-8(13-6)7-5-9(10)12-11-7/h3-5H,2,10H2,1H3. The van der Waals surface area contributed by atoms with E-state index in [1.54, 1.807) is 17.4 Å². The van der Waals surface area contributed by atoms with Crippen LogP contribution in [0.2, 0.25) is 0 Å². The molecule has 0 aliphatic heterocycles. The number of nitrogen functional groups attached to an aromatic ring is 1. The predicted octanol–water partition coefficient (Wildman–Crippen LogP) is 2.55. The summed E-state index contributed by atoms with van der Waals surface area (Å²) < 4.78 is 4.80. The van der Waals surface area contributed by atoms with Crippen LogP contribution in [0.4, 0.5) is 5.88 Å². The molecule has 0 aliphatic carbocycles. The van der Waals surface area contributed by atoms with E-state index in [4.69, 9.17) is 10.3 Å². The zero-order valence-electron chi connectivity index (χ0n) is 7.28. The fourth-order valence-corrected chi connectivity index (χ4v) is 2.01. The van der Waals surface area contributed by atoms with Gasteiger partial charge in [-0.2, -0.15) is 0 Å². The molecular formula is C9H10N2OS. The number of aromatic nitrogens is 1. The van der Waals surface area contributed by atoms with Crippen molar-refractivity contribution < 1.29 is 4.52 Å². The zero-order valence-corrected chi connectivity index (χ0v) is 8.10. The van der Waals surface area contributed by atoms with Crippen LogP contribution in [0.5, 0.6) is 0 Å². The van der Waals surface area contributed by atoms with Crippen LogP contribution in [0.25, 0.3) is 10.6 Å². The van der Waals surface area contributed by atoms with E-state index >= 15 is 0 Å². The van der Waals surface area contributed by atoms with Gasteiger partial charge in [0, 0.05) is 10.9 Å². The third-order valence-corrected chi connectivity index (χ3v) is 3.04. The fourth-order valence-electron chi connectivity index (χ4n) is 1.11. The Morgan fingerprint density at radius 3 is 2.92 bits per heavy atom. The second-order valence-electron chi connectivity index (χ2n) is 2.73. The molecule has 0 fully saturated rings. The lowest BCUT2D eigenvalue weighted by molar-refractivity contribution is 0.439. The van der Waals surface area contributed by atoms with Crippen molar-refractivity contribution >= 4 is 17.2 Å². The quantitative estimate of drug-likeness (QED) is 0.799. The first-order valence-corrected chi connectivity index (χ1v) is 4.92. The smallest absolute Gasteiger partial charge is 0.222 e. The molecule has 0 bridgehead atoms. The molecule has 2 aromatic rings. The lowest BCUT2D eigenvalue weighted by atomic mass is 10.3. The minimum absolute atomic E-state index is 0.362. The lowest BCUT2D eigenvalue weighted by Crippen LogP contribution is -1.75. The molecule has 2 aromatic heterocycles. The maximum Gasteiger partial charge on any atom is 0.222 e. The summed E-state index contributed by atoms with van der Waals surface area (Å²) in [7, 11) is 0. The minimum atomic E-state index is 0.362. The first kappa shape index (κ1) is 8.31. The summed E-state index contributed by atoms with van der Waals surface area (Å²) >= 11 is 1.72. The molecule has 0 atom stereocenters. The van der Waals surface area contributed by atoms with Crippen LogP contribution in [-0.4, -0.2) is 5.16 Å². The van der Waals surface area contributed by atoms with Crippen molar-refractivity contribution in [3.63, 3.8) is 0 Å². The van der Waals surface area contributed by atoms with Gasteiger partial charge >= 0.3 is 0 Å². The summed E-state index contributed by atoms with van der Waals surface area (Å²) in [6, 6.07) is 5.89. The zero-order chi connectivity index (χ0) is 9.26. The summed E-state index contributed by atoms with van der Waals surface area (Å²) in [5, 5.41) is 3.84. The third kappa shape index (κ3) is 1.58. The average molecular weight is 194 g/mol. The van der Waals surface area contributed by atoms with Crippen molar-refractivity contribution in [3.05, 3.63) is 23.1 Å². The molecule has 0 aliphatic rings. The van der Waals surface area contributed by atoms with Crippen LogP contribution in [0.3, 0.4) is 0 Å². The van der Waals surface area contributed by atoms with Gasteiger partial charge in [-0.15, -0.1) is 11.3 Å². The number of hydrogen-bond acceptors (Lipinski definition) is 4. The molecule has 68 valence electrons. The van der Waals surface area contributed by atoms with Gasteiger partial charge < -0.3 is 10.3 Å². The molecule has 0 aromatic carbocycles. The van der Waals surface area contributed by atoms with Gasteiger partial charge in [0.15, 0.2) is 0 Å². The van der Waals surface area contributed by atoms with Crippen molar-refractivity contribution in [1.82, 2.24) is 5.16 Å². The summed E-state index contributed by atoms with van der Waals surface area (Å²) in [6.07, 6.45) is 1.05. The predicted molar refractivity (Wildman–Crippen MR) is 53.6 cm³/mol. The molecule has 0 saturated carbocycles. The maximum atomic E-state index is 5.43. The minimum Gasteiger partial charge on any atom is -0.368 e. The number of aryl methyl sites for hydroxylation is 1. The molecule has 13 heavy (non-hydrogen) atoms. The Labute approximate surface area is 80.2 Å². The first-order valence-electron chi connectivity index (χ1n) is 4.11. The molecule has 0 saturated heterocycles. The van der Waals surface area contributed by atoms with Gasteiger partial charge in [-0.1, -0.05) is 12.1 Å². The number of anilines is 1. The molecule has 0 radical (unpaired) electrons. The monoisotopic (exact) mass is 194 g/mol. The van der Waals surface area contributed by atoms with Crippen molar-refractivity contribution in [2.45, 2.75) is 13.3 Å². The van der Waals surface area contributed by atoms with Crippen LogP contribution in [0, 0.1) is 0 Å². The highest BCUT2D eigenvalue weighted by Crippen LogP contribution is 2.28. The number of nitrogens with two attached hydrogens (primary N) is 1. The molecular weight excluding hydrogens is 184 g/mol. The molecule has 0 unspecified atom stereocenters. The number of hydrogen-bond donors (Lipinski definition) is 1. The van der Waals surface area contributed by atoms with E-state index in [1.165, 1.54) is 4.88 Å². The van der Waals surface area contributed by atoms with E-state index in [9.17, 15) is 0 Å². The molecule has 2 rings (SSSR count). The van der Waals surface area contributed by atoms with Crippen molar-refractivity contribution in [1.29, 1.82) is 0 Å². The number of nitrogens with zero attached hydrogens (tertiary/aromatic N) is 1. The largest absolute Gasteiger partial charge is 0.368 e. The second-order valence-corrected chi connectivity index (χ2v) is 3.90. The van der Waals surface area contributed by atoms with Crippen LogP contribution >= 0.6 is 11.3 Å². The van der Waals surface area contributed by atoms with E-state index in [0.717, 1.165) is 17.0 Å². The topological polar surface area (TPSA) is 52.0 Å². The van der Waals surface area contributed by atoms with E-state index in [-0.39, 0.29) is 0 Å². The normalized spacial score (nSPS) is 10.5. The van der Waals surface area contributed by atoms with Crippen LogP contribution in [0.1, 0.15) is 11.8 Å². The highest BCUT2D eigenvalue weighted by atomic mass is 32.1. The van der Waals surface area contributed by atoms with Gasteiger partial charge in [0.2, 0.25) is 5.88 Å². The van der Waals surface area contributed by atoms with Crippen molar-refractivity contribution in [2.24, 2.45) is 0 Å². The molecule has 2 heterocycles. The van der Waals surface area contributed by atoms with Gasteiger partial charge in [0.25, 0.3) is 0 Å². The average Bonchev–Trinajstić information content (AvgIpc) is 2.71. The van der Waals surface area contributed by atoms with E-state index < -0.39 is 0 Å². The summed E-state index contributed by atoms with van der Waals surface area (Å²) in [4.78, 5) is 2.45. The Hall–Kier alpha value is -1.29. The number of thiophene rings is 1. The van der Waals surface area contributed by atoms with E-state index in [1.807, 2.05) is 6.07 Å². The van der Waals surface area contributed by atoms with Gasteiger partial charge in [-0.3, -0.25) is 0 Å². The Balaban J connectivity index is 2.35. The van der Waals surface area contributed by atoms with E-state index in [2.05, 4.69) is 18.1 Å². The first-order chi connectivity index (χ1) is 6.29. The lowest BCUT2D eigenvalue weighted by Gasteiger charge is -1.85. The Morgan fingerprint density at radius 2 is 2.38 bits per heavy atom. The maximum absolute atomic E-state index is 5.43. The molecule has 2 N–H and O–H groups in total. The number of rotatable bonds is 2. The highest BCUT2D eigenvalue weighted by molar-refractivity contribution is 7.15. The summed E-state index contributed by atoms with van der Waals surface area (Å²) in [5.41, 5.74) is 6.25. The van der Waals surface area contributed by atoms with Crippen molar-refractivity contribution in [3.8, 4) is 10.6 Å². The Bertz CT molecular complexity index is 405. The highest BCUT2D eigenvalue weighted by Gasteiger charge is 2.06. The Morgan fingerprint density at radius 1 is 1.54 bits per heavy atom. The summed E-state index contributed by atoms with van der Waals surface area (Å²) in [6.45, 7) is 2.13. The van der Waals surface area contributed by atoms with E-state index in [0.29, 0.717) is 5.88 Å². The second kappa shape index (κ2) is 3.22. The Kier molecular flexibility index (Phi) is 2.06. The van der Waals surface area contributed by atoms with Crippen molar-refractivity contribution in [2.75, 3.05) is 5.73 Å². The molecule has 3 nitrogen and oxygen atoms in total. The molecule has 0 amide bonds.